The van der Waals surface area contributed by atoms with Crippen molar-refractivity contribution in [3.8, 4) is 0 Å². The fourth-order valence-electron chi connectivity index (χ4n) is 1.11. The van der Waals surface area contributed by atoms with Crippen molar-refractivity contribution in [1.82, 2.24) is 5.32 Å². The Hall–Kier alpha value is -0.250. The molecule has 74 valence electrons. The molecule has 1 N–H and O–H groups in total. The van der Waals surface area contributed by atoms with E-state index >= 15 is 0 Å². The number of hydrogen-bond donors (Lipinski definition) is 1. The summed E-state index contributed by atoms with van der Waals surface area (Å²) in [5.41, 5.74) is 0. The Balaban J connectivity index is 3.58. The highest BCUT2D eigenvalue weighted by atomic mass is 19.4. The van der Waals surface area contributed by atoms with E-state index in [0.29, 0.717) is 6.54 Å². The minimum atomic E-state index is -4.00. The Morgan fingerprint density at radius 1 is 1.33 bits per heavy atom. The summed E-state index contributed by atoms with van der Waals surface area (Å²) in [6.07, 6.45) is -3.62. The summed E-state index contributed by atoms with van der Waals surface area (Å²) < 4.78 is 35.3. The minimum absolute atomic E-state index is 0.150. The van der Waals surface area contributed by atoms with Gasteiger partial charge >= 0.3 is 6.18 Å². The van der Waals surface area contributed by atoms with E-state index in [1.807, 2.05) is 6.92 Å². The van der Waals surface area contributed by atoms with Gasteiger partial charge in [0.2, 0.25) is 0 Å². The third-order valence-electron chi connectivity index (χ3n) is 1.91. The largest absolute Gasteiger partial charge is 0.389 e. The average Bonchev–Trinajstić information content (AvgIpc) is 1.96. The molecule has 0 radical (unpaired) electrons. The van der Waals surface area contributed by atoms with Crippen LogP contribution in [-0.4, -0.2) is 19.8 Å². The molecular weight excluding hydrogens is 167 g/mol. The topological polar surface area (TPSA) is 12.0 Å². The third kappa shape index (κ3) is 6.46. The van der Waals surface area contributed by atoms with E-state index in [0.717, 1.165) is 6.42 Å². The first-order chi connectivity index (χ1) is 5.49. The van der Waals surface area contributed by atoms with E-state index in [2.05, 4.69) is 5.32 Å². The second kappa shape index (κ2) is 5.41. The van der Waals surface area contributed by atoms with Crippen LogP contribution in [0.2, 0.25) is 0 Å². The molecule has 0 aliphatic carbocycles. The molecule has 0 heterocycles. The maximum Gasteiger partial charge on any atom is 0.389 e. The van der Waals surface area contributed by atoms with Crippen molar-refractivity contribution < 1.29 is 13.2 Å². The minimum Gasteiger partial charge on any atom is -0.319 e. The van der Waals surface area contributed by atoms with Crippen LogP contribution in [0.15, 0.2) is 0 Å². The number of halogens is 3. The maximum absolute atomic E-state index is 11.8. The van der Waals surface area contributed by atoms with Crippen LogP contribution in [0.5, 0.6) is 0 Å². The first kappa shape index (κ1) is 11.8. The van der Waals surface area contributed by atoms with Crippen molar-refractivity contribution >= 4 is 0 Å². The molecular formula is C8H16F3N. The lowest BCUT2D eigenvalue weighted by atomic mass is 10.0. The molecule has 0 rings (SSSR count). The zero-order valence-corrected chi connectivity index (χ0v) is 7.54. The maximum atomic E-state index is 11.8. The predicted octanol–water partition coefficient (Wildman–Crippen LogP) is 2.57. The van der Waals surface area contributed by atoms with Crippen molar-refractivity contribution in [2.75, 3.05) is 13.6 Å². The van der Waals surface area contributed by atoms with Crippen LogP contribution in [-0.2, 0) is 0 Å². The zero-order valence-electron chi connectivity index (χ0n) is 7.54. The van der Waals surface area contributed by atoms with Crippen LogP contribution >= 0.6 is 0 Å². The van der Waals surface area contributed by atoms with Gasteiger partial charge in [-0.3, -0.25) is 0 Å². The van der Waals surface area contributed by atoms with E-state index in [-0.39, 0.29) is 12.3 Å². The molecule has 0 saturated carbocycles. The number of alkyl halides is 3. The van der Waals surface area contributed by atoms with Gasteiger partial charge in [-0.25, -0.2) is 0 Å². The molecule has 0 aliphatic rings. The standard InChI is InChI=1S/C8H16F3N/c1-3-7(6-12-2)4-5-8(9,10)11/h7,12H,3-6H2,1-2H3. The molecule has 0 aromatic heterocycles. The summed E-state index contributed by atoms with van der Waals surface area (Å²) in [5, 5.41) is 2.89. The third-order valence-corrected chi connectivity index (χ3v) is 1.91. The zero-order chi connectivity index (χ0) is 9.61. The second-order valence-electron chi connectivity index (χ2n) is 2.99. The Labute approximate surface area is 71.3 Å². The van der Waals surface area contributed by atoms with Gasteiger partial charge in [0.15, 0.2) is 0 Å². The summed E-state index contributed by atoms with van der Waals surface area (Å²) in [6, 6.07) is 0. The van der Waals surface area contributed by atoms with Crippen LogP contribution < -0.4 is 5.32 Å². The smallest absolute Gasteiger partial charge is 0.319 e. The molecule has 0 aliphatic heterocycles. The number of hydrogen-bond acceptors (Lipinski definition) is 1. The van der Waals surface area contributed by atoms with Gasteiger partial charge in [-0.2, -0.15) is 13.2 Å². The lowest BCUT2D eigenvalue weighted by Gasteiger charge is -2.14. The van der Waals surface area contributed by atoms with Gasteiger partial charge in [0, 0.05) is 6.42 Å². The van der Waals surface area contributed by atoms with Crippen molar-refractivity contribution in [1.29, 1.82) is 0 Å². The molecule has 12 heavy (non-hydrogen) atoms. The van der Waals surface area contributed by atoms with Crippen LogP contribution in [0, 0.1) is 5.92 Å². The van der Waals surface area contributed by atoms with E-state index in [9.17, 15) is 13.2 Å². The molecule has 0 saturated heterocycles. The fourth-order valence-corrected chi connectivity index (χ4v) is 1.11. The quantitative estimate of drug-likeness (QED) is 0.690. The van der Waals surface area contributed by atoms with Crippen molar-refractivity contribution in [3.63, 3.8) is 0 Å². The van der Waals surface area contributed by atoms with Gasteiger partial charge in [-0.1, -0.05) is 13.3 Å². The molecule has 0 fully saturated rings. The number of rotatable bonds is 5. The molecule has 1 nitrogen and oxygen atoms in total. The summed E-state index contributed by atoms with van der Waals surface area (Å²) in [7, 11) is 1.76. The lowest BCUT2D eigenvalue weighted by molar-refractivity contribution is -0.137. The first-order valence-corrected chi connectivity index (χ1v) is 4.21. The average molecular weight is 183 g/mol. The van der Waals surface area contributed by atoms with E-state index in [4.69, 9.17) is 0 Å². The molecule has 4 heteroatoms. The van der Waals surface area contributed by atoms with Gasteiger partial charge < -0.3 is 5.32 Å². The Bertz CT molecular complexity index is 111. The molecule has 0 aromatic rings. The summed E-state index contributed by atoms with van der Waals surface area (Å²) in [4.78, 5) is 0. The summed E-state index contributed by atoms with van der Waals surface area (Å²) in [6.45, 7) is 2.59. The van der Waals surface area contributed by atoms with Gasteiger partial charge in [-0.05, 0) is 25.9 Å². The molecule has 0 spiro atoms. The Kier molecular flexibility index (Phi) is 5.29. The highest BCUT2D eigenvalue weighted by molar-refractivity contribution is 4.62. The van der Waals surface area contributed by atoms with Crippen LogP contribution in [0.4, 0.5) is 13.2 Å². The van der Waals surface area contributed by atoms with E-state index in [1.54, 1.807) is 7.05 Å². The normalized spacial score (nSPS) is 14.8. The second-order valence-corrected chi connectivity index (χ2v) is 2.99. The van der Waals surface area contributed by atoms with Crippen LogP contribution in [0.25, 0.3) is 0 Å². The SMILES string of the molecule is CCC(CCC(F)(F)F)CNC. The Morgan fingerprint density at radius 3 is 2.25 bits per heavy atom. The Morgan fingerprint density at radius 2 is 1.92 bits per heavy atom. The molecule has 0 aromatic carbocycles. The van der Waals surface area contributed by atoms with Gasteiger partial charge in [0.05, 0.1) is 0 Å². The van der Waals surface area contributed by atoms with Crippen LogP contribution in [0.3, 0.4) is 0 Å². The summed E-state index contributed by atoms with van der Waals surface area (Å²) >= 11 is 0. The van der Waals surface area contributed by atoms with Crippen molar-refractivity contribution in [3.05, 3.63) is 0 Å². The molecule has 1 atom stereocenters. The van der Waals surface area contributed by atoms with Crippen molar-refractivity contribution in [2.45, 2.75) is 32.4 Å². The molecule has 1 unspecified atom stereocenters. The van der Waals surface area contributed by atoms with Crippen LogP contribution in [0.1, 0.15) is 26.2 Å². The van der Waals surface area contributed by atoms with Gasteiger partial charge in [0.1, 0.15) is 0 Å². The van der Waals surface area contributed by atoms with Gasteiger partial charge in [0.25, 0.3) is 0 Å². The van der Waals surface area contributed by atoms with Gasteiger partial charge in [-0.15, -0.1) is 0 Å². The highest BCUT2D eigenvalue weighted by Gasteiger charge is 2.27. The van der Waals surface area contributed by atoms with E-state index < -0.39 is 12.6 Å². The predicted molar refractivity (Wildman–Crippen MR) is 43.0 cm³/mol. The number of nitrogens with one attached hydrogen (secondary N) is 1. The first-order valence-electron chi connectivity index (χ1n) is 4.21. The van der Waals surface area contributed by atoms with E-state index in [1.165, 1.54) is 0 Å². The highest BCUT2D eigenvalue weighted by Crippen LogP contribution is 2.24. The lowest BCUT2D eigenvalue weighted by Crippen LogP contribution is -2.20. The molecule has 0 bridgehead atoms. The van der Waals surface area contributed by atoms with Crippen molar-refractivity contribution in [2.24, 2.45) is 5.92 Å². The monoisotopic (exact) mass is 183 g/mol. The fraction of sp³-hybridized carbons (Fsp3) is 1.00. The molecule has 0 amide bonds. The summed E-state index contributed by atoms with van der Waals surface area (Å²) in [5.74, 6) is 0.150.